The molecule has 0 radical (unpaired) electrons. The fraction of sp³-hybridized carbons (Fsp3) is 1.00. The predicted molar refractivity (Wildman–Crippen MR) is 75.1 cm³/mol. The molecular formula is C16H31N. The first-order valence-electron chi connectivity index (χ1n) is 7.49. The van der Waals surface area contributed by atoms with Crippen molar-refractivity contribution in [2.24, 2.45) is 22.2 Å². The molecular weight excluding hydrogens is 206 g/mol. The molecule has 2 aliphatic carbocycles. The lowest BCUT2D eigenvalue weighted by Gasteiger charge is -2.46. The van der Waals surface area contributed by atoms with E-state index in [2.05, 4.69) is 39.9 Å². The molecule has 2 rings (SSSR count). The topological polar surface area (TPSA) is 12.0 Å². The van der Waals surface area contributed by atoms with Crippen LogP contribution in [0.1, 0.15) is 66.7 Å². The molecule has 0 aromatic rings. The third-order valence-corrected chi connectivity index (χ3v) is 4.79. The minimum Gasteiger partial charge on any atom is -0.316 e. The molecule has 0 aromatic carbocycles. The Bertz CT molecular complexity index is 261. The van der Waals surface area contributed by atoms with Crippen molar-refractivity contribution in [1.29, 1.82) is 0 Å². The van der Waals surface area contributed by atoms with Crippen LogP contribution in [0.2, 0.25) is 0 Å². The van der Waals surface area contributed by atoms with Crippen molar-refractivity contribution in [3.63, 3.8) is 0 Å². The average molecular weight is 237 g/mol. The Hall–Kier alpha value is -0.0400. The second kappa shape index (κ2) is 4.26. The highest BCUT2D eigenvalue weighted by Crippen LogP contribution is 2.68. The third-order valence-electron chi connectivity index (χ3n) is 4.79. The third kappa shape index (κ3) is 3.05. The fourth-order valence-corrected chi connectivity index (χ4v) is 5.00. The molecule has 0 aromatic heterocycles. The monoisotopic (exact) mass is 237 g/mol. The maximum absolute atomic E-state index is 3.62. The molecule has 2 fully saturated rings. The zero-order valence-electron chi connectivity index (χ0n) is 12.5. The van der Waals surface area contributed by atoms with Gasteiger partial charge in [0, 0.05) is 0 Å². The molecule has 0 heterocycles. The van der Waals surface area contributed by atoms with Gasteiger partial charge in [0.05, 0.1) is 0 Å². The van der Waals surface area contributed by atoms with Crippen molar-refractivity contribution < 1.29 is 0 Å². The van der Waals surface area contributed by atoms with E-state index in [1.807, 2.05) is 0 Å². The Morgan fingerprint density at radius 2 is 1.59 bits per heavy atom. The second-order valence-corrected chi connectivity index (χ2v) is 8.33. The minimum atomic E-state index is 0.557. The first-order chi connectivity index (χ1) is 7.79. The Morgan fingerprint density at radius 1 is 1.00 bits per heavy atom. The van der Waals surface area contributed by atoms with Gasteiger partial charge >= 0.3 is 0 Å². The van der Waals surface area contributed by atoms with Crippen molar-refractivity contribution in [2.45, 2.75) is 66.7 Å². The molecule has 100 valence electrons. The lowest BCUT2D eigenvalue weighted by Crippen LogP contribution is -2.36. The van der Waals surface area contributed by atoms with Crippen molar-refractivity contribution in [1.82, 2.24) is 5.32 Å². The summed E-state index contributed by atoms with van der Waals surface area (Å²) < 4.78 is 0. The average Bonchev–Trinajstić information content (AvgIpc) is 2.71. The largest absolute Gasteiger partial charge is 0.316 e. The molecule has 1 nitrogen and oxygen atoms in total. The molecule has 0 bridgehead atoms. The predicted octanol–water partition coefficient (Wildman–Crippen LogP) is 4.23. The van der Waals surface area contributed by atoms with E-state index in [1.54, 1.807) is 0 Å². The number of hydrogen-bond acceptors (Lipinski definition) is 1. The van der Waals surface area contributed by atoms with E-state index in [1.165, 1.54) is 45.2 Å². The summed E-state index contributed by atoms with van der Waals surface area (Å²) in [4.78, 5) is 0. The quantitative estimate of drug-likeness (QED) is 0.722. The van der Waals surface area contributed by atoms with Crippen molar-refractivity contribution in [3.05, 3.63) is 0 Å². The van der Waals surface area contributed by atoms with Crippen LogP contribution in [0.5, 0.6) is 0 Å². The zero-order chi connectivity index (χ0) is 12.7. The van der Waals surface area contributed by atoms with Crippen LogP contribution >= 0.6 is 0 Å². The maximum atomic E-state index is 3.62. The van der Waals surface area contributed by atoms with Crippen molar-refractivity contribution in [3.8, 4) is 0 Å². The highest BCUT2D eigenvalue weighted by Gasteiger charge is 2.60. The molecule has 2 aliphatic rings. The Labute approximate surface area is 108 Å². The van der Waals surface area contributed by atoms with Crippen LogP contribution in [0.4, 0.5) is 0 Å². The van der Waals surface area contributed by atoms with Crippen LogP contribution in [0, 0.1) is 22.2 Å². The van der Waals surface area contributed by atoms with Gasteiger partial charge in [-0.1, -0.05) is 34.6 Å². The van der Waals surface area contributed by atoms with Crippen LogP contribution < -0.4 is 5.32 Å². The SMILES string of the molecule is CCCNCC1CC12CC(C)(C)CC(C)(C)C2. The van der Waals surface area contributed by atoms with Gasteiger partial charge in [-0.3, -0.25) is 0 Å². The number of hydrogen-bond donors (Lipinski definition) is 1. The van der Waals surface area contributed by atoms with Crippen LogP contribution in [-0.2, 0) is 0 Å². The van der Waals surface area contributed by atoms with Gasteiger partial charge in [-0.15, -0.1) is 0 Å². The van der Waals surface area contributed by atoms with Crippen LogP contribution in [0.25, 0.3) is 0 Å². The highest BCUT2D eigenvalue weighted by molar-refractivity contribution is 5.10. The summed E-state index contributed by atoms with van der Waals surface area (Å²) in [6.07, 6.45) is 7.06. The standard InChI is InChI=1S/C16H31N/c1-6-7-17-9-13-8-16(13)11-14(2,3)10-15(4,5)12-16/h13,17H,6-12H2,1-5H3. The molecule has 0 saturated heterocycles. The summed E-state index contributed by atoms with van der Waals surface area (Å²) in [5, 5.41) is 3.62. The van der Waals surface area contributed by atoms with Crippen molar-refractivity contribution >= 4 is 0 Å². The zero-order valence-corrected chi connectivity index (χ0v) is 12.5. The van der Waals surface area contributed by atoms with Crippen molar-refractivity contribution in [2.75, 3.05) is 13.1 Å². The molecule has 0 aliphatic heterocycles. The number of rotatable bonds is 4. The van der Waals surface area contributed by atoms with Gasteiger partial charge in [0.25, 0.3) is 0 Å². The van der Waals surface area contributed by atoms with Crippen LogP contribution in [-0.4, -0.2) is 13.1 Å². The van der Waals surface area contributed by atoms with Gasteiger partial charge in [0.2, 0.25) is 0 Å². The molecule has 1 atom stereocenters. The normalized spacial score (nSPS) is 32.6. The molecule has 1 unspecified atom stereocenters. The van der Waals surface area contributed by atoms with Crippen LogP contribution in [0.15, 0.2) is 0 Å². The molecule has 1 spiro atoms. The smallest absolute Gasteiger partial charge is 0.00150 e. The minimum absolute atomic E-state index is 0.557. The Morgan fingerprint density at radius 3 is 2.12 bits per heavy atom. The first-order valence-corrected chi connectivity index (χ1v) is 7.49. The molecule has 0 amide bonds. The van der Waals surface area contributed by atoms with Gasteiger partial charge in [0.1, 0.15) is 0 Å². The molecule has 2 saturated carbocycles. The van der Waals surface area contributed by atoms with E-state index in [4.69, 9.17) is 0 Å². The van der Waals surface area contributed by atoms with E-state index in [-0.39, 0.29) is 0 Å². The summed E-state index contributed by atoms with van der Waals surface area (Å²) in [7, 11) is 0. The Kier molecular flexibility index (Phi) is 3.36. The summed E-state index contributed by atoms with van der Waals surface area (Å²) in [6, 6.07) is 0. The Balaban J connectivity index is 1.93. The van der Waals surface area contributed by atoms with E-state index in [0.717, 1.165) is 5.92 Å². The number of nitrogens with one attached hydrogen (secondary N) is 1. The van der Waals surface area contributed by atoms with E-state index in [0.29, 0.717) is 16.2 Å². The fourth-order valence-electron chi connectivity index (χ4n) is 5.00. The summed E-state index contributed by atoms with van der Waals surface area (Å²) in [5.74, 6) is 0.966. The van der Waals surface area contributed by atoms with Gasteiger partial charge in [-0.25, -0.2) is 0 Å². The summed E-state index contributed by atoms with van der Waals surface area (Å²) >= 11 is 0. The van der Waals surface area contributed by atoms with Crippen LogP contribution in [0.3, 0.4) is 0 Å². The second-order valence-electron chi connectivity index (χ2n) is 8.33. The lowest BCUT2D eigenvalue weighted by atomic mass is 9.59. The van der Waals surface area contributed by atoms with Gasteiger partial charge in [-0.05, 0) is 67.4 Å². The van der Waals surface area contributed by atoms with E-state index < -0.39 is 0 Å². The maximum Gasteiger partial charge on any atom is -0.00150 e. The highest BCUT2D eigenvalue weighted by atomic mass is 14.9. The molecule has 17 heavy (non-hydrogen) atoms. The van der Waals surface area contributed by atoms with E-state index in [9.17, 15) is 0 Å². The van der Waals surface area contributed by atoms with Gasteiger partial charge in [-0.2, -0.15) is 0 Å². The summed E-state index contributed by atoms with van der Waals surface area (Å²) in [6.45, 7) is 14.6. The van der Waals surface area contributed by atoms with Gasteiger partial charge in [0.15, 0.2) is 0 Å². The van der Waals surface area contributed by atoms with Gasteiger partial charge < -0.3 is 5.32 Å². The first kappa shape index (κ1) is 13.4. The molecule has 1 N–H and O–H groups in total. The lowest BCUT2D eigenvalue weighted by molar-refractivity contribution is 0.0467. The summed E-state index contributed by atoms with van der Waals surface area (Å²) in [5.41, 5.74) is 1.81. The van der Waals surface area contributed by atoms with E-state index >= 15 is 0 Å². The molecule has 1 heteroatoms.